The van der Waals surface area contributed by atoms with Gasteiger partial charge in [0.05, 0.1) is 0 Å². The zero-order chi connectivity index (χ0) is 50.0. The minimum Gasteiger partial charge on any atom is -0.462 e. The van der Waals surface area contributed by atoms with Gasteiger partial charge in [-0.15, -0.1) is 0 Å². The highest BCUT2D eigenvalue weighted by molar-refractivity contribution is 5.71. The summed E-state index contributed by atoms with van der Waals surface area (Å²) < 4.78 is 16.8. The monoisotopic (exact) mass is 957 g/mol. The molecule has 0 aliphatic carbocycles. The molecule has 0 heterocycles. The van der Waals surface area contributed by atoms with Crippen molar-refractivity contribution in [3.05, 3.63) is 109 Å². The highest BCUT2D eigenvalue weighted by atomic mass is 16.6. The molecule has 69 heavy (non-hydrogen) atoms. The lowest BCUT2D eigenvalue weighted by molar-refractivity contribution is -0.167. The van der Waals surface area contributed by atoms with Gasteiger partial charge in [0.1, 0.15) is 13.2 Å². The molecule has 0 saturated heterocycles. The average molecular weight is 958 g/mol. The highest BCUT2D eigenvalue weighted by Crippen LogP contribution is 2.14. The molecule has 0 aliphatic rings. The summed E-state index contributed by atoms with van der Waals surface area (Å²) in [5.74, 6) is -0.956. The van der Waals surface area contributed by atoms with Crippen LogP contribution in [-0.2, 0) is 28.6 Å². The zero-order valence-electron chi connectivity index (χ0n) is 44.8. The van der Waals surface area contributed by atoms with Gasteiger partial charge in [-0.1, -0.05) is 246 Å². The standard InChI is InChI=1S/C63H104O6/c1-4-7-10-13-16-19-22-25-28-31-34-37-40-43-46-49-52-55-61(64)67-58-60(69-63(66)57-54-51-48-45-42-39-36-33-30-27-24-21-18-15-12-9-6-3)59-68-62(65)56-53-50-47-44-41-38-35-32-29-26-23-20-17-14-11-8-5-2/h7,10,13,16,18-19,21-22,25-31,34,37,40,60H,4-6,8-9,11-12,14-15,17,20,23-24,32-33,35-36,38-39,41-59H2,1-3H3/b10-7-,16-13-,21-18-,22-19-,28-25-,29-26-,30-27-,34-31+,40-37-. The van der Waals surface area contributed by atoms with Gasteiger partial charge >= 0.3 is 17.9 Å². The fourth-order valence-electron chi connectivity index (χ4n) is 7.62. The molecular formula is C63H104O6. The van der Waals surface area contributed by atoms with Gasteiger partial charge in [-0.25, -0.2) is 0 Å². The molecule has 1 unspecified atom stereocenters. The van der Waals surface area contributed by atoms with Crippen LogP contribution in [0.3, 0.4) is 0 Å². The van der Waals surface area contributed by atoms with E-state index in [0.717, 1.165) is 83.5 Å². The number of esters is 3. The number of carbonyl (C=O) groups is 3. The van der Waals surface area contributed by atoms with Crippen molar-refractivity contribution in [2.24, 2.45) is 0 Å². The van der Waals surface area contributed by atoms with Crippen LogP contribution in [0.25, 0.3) is 0 Å². The minimum atomic E-state index is -0.805. The molecule has 0 bridgehead atoms. The van der Waals surface area contributed by atoms with Crippen LogP contribution in [0.4, 0.5) is 0 Å². The Hall–Kier alpha value is -3.93. The smallest absolute Gasteiger partial charge is 0.306 e. The van der Waals surface area contributed by atoms with Crippen LogP contribution in [0.2, 0.25) is 0 Å². The van der Waals surface area contributed by atoms with Crippen molar-refractivity contribution in [3.8, 4) is 0 Å². The molecule has 0 aromatic carbocycles. The van der Waals surface area contributed by atoms with E-state index in [1.54, 1.807) is 0 Å². The summed E-state index contributed by atoms with van der Waals surface area (Å²) >= 11 is 0. The first-order valence-corrected chi connectivity index (χ1v) is 28.5. The van der Waals surface area contributed by atoms with Crippen molar-refractivity contribution in [2.45, 2.75) is 258 Å². The van der Waals surface area contributed by atoms with Crippen molar-refractivity contribution in [1.29, 1.82) is 0 Å². The summed E-state index contributed by atoms with van der Waals surface area (Å²) in [6.07, 6.45) is 76.4. The van der Waals surface area contributed by atoms with E-state index in [9.17, 15) is 14.4 Å². The molecule has 0 aromatic rings. The van der Waals surface area contributed by atoms with Crippen molar-refractivity contribution >= 4 is 17.9 Å². The fraction of sp³-hybridized carbons (Fsp3) is 0.667. The quantitative estimate of drug-likeness (QED) is 0.0199. The summed E-state index contributed by atoms with van der Waals surface area (Å²) in [4.78, 5) is 38.2. The van der Waals surface area contributed by atoms with Gasteiger partial charge in [-0.05, 0) is 96.3 Å². The summed E-state index contributed by atoms with van der Waals surface area (Å²) in [5.41, 5.74) is 0. The van der Waals surface area contributed by atoms with E-state index in [2.05, 4.69) is 69.4 Å². The molecule has 0 N–H and O–H groups in total. The highest BCUT2D eigenvalue weighted by Gasteiger charge is 2.19. The zero-order valence-corrected chi connectivity index (χ0v) is 44.8. The van der Waals surface area contributed by atoms with Gasteiger partial charge in [-0.3, -0.25) is 14.4 Å². The van der Waals surface area contributed by atoms with E-state index in [-0.39, 0.29) is 31.1 Å². The number of hydrogen-bond donors (Lipinski definition) is 0. The molecule has 392 valence electrons. The number of unbranched alkanes of at least 4 members (excludes halogenated alkanes) is 26. The average Bonchev–Trinajstić information content (AvgIpc) is 3.35. The SMILES string of the molecule is CC\C=C/C=C\C=C/C=C\C=C\C=C/CCCCCC(=O)OCC(COC(=O)CCCCCCCCC/C=C\CCCCCCCC)OC(=O)CCCCCCCCC/C=C\C/C=C\CCCCC. The Labute approximate surface area is 425 Å². The number of ether oxygens (including phenoxy) is 3. The lowest BCUT2D eigenvalue weighted by atomic mass is 10.1. The molecular weight excluding hydrogens is 853 g/mol. The molecule has 0 spiro atoms. The van der Waals surface area contributed by atoms with Crippen LogP contribution in [0.1, 0.15) is 252 Å². The maximum absolute atomic E-state index is 12.9. The third-order valence-corrected chi connectivity index (χ3v) is 11.9. The van der Waals surface area contributed by atoms with E-state index in [1.165, 1.54) is 128 Å². The summed E-state index contributed by atoms with van der Waals surface area (Å²) in [5, 5.41) is 0. The lowest BCUT2D eigenvalue weighted by Gasteiger charge is -2.18. The van der Waals surface area contributed by atoms with E-state index >= 15 is 0 Å². The van der Waals surface area contributed by atoms with E-state index in [4.69, 9.17) is 14.2 Å². The first-order chi connectivity index (χ1) is 34.0. The van der Waals surface area contributed by atoms with Gasteiger partial charge in [0, 0.05) is 19.3 Å². The Balaban J connectivity index is 4.50. The molecule has 1 atom stereocenters. The van der Waals surface area contributed by atoms with Gasteiger partial charge in [0.2, 0.25) is 0 Å². The van der Waals surface area contributed by atoms with Crippen molar-refractivity contribution < 1.29 is 28.6 Å². The first kappa shape index (κ1) is 65.1. The van der Waals surface area contributed by atoms with Crippen molar-refractivity contribution in [2.75, 3.05) is 13.2 Å². The second kappa shape index (κ2) is 56.7. The predicted octanol–water partition coefficient (Wildman–Crippen LogP) is 19.1. The van der Waals surface area contributed by atoms with Gasteiger partial charge < -0.3 is 14.2 Å². The van der Waals surface area contributed by atoms with E-state index in [1.807, 2.05) is 60.8 Å². The van der Waals surface area contributed by atoms with Crippen LogP contribution < -0.4 is 0 Å². The normalized spacial score (nSPS) is 12.9. The molecule has 0 saturated carbocycles. The second-order valence-corrected chi connectivity index (χ2v) is 18.6. The minimum absolute atomic E-state index is 0.0995. The second-order valence-electron chi connectivity index (χ2n) is 18.6. The van der Waals surface area contributed by atoms with Crippen molar-refractivity contribution in [3.63, 3.8) is 0 Å². The number of rotatable bonds is 50. The maximum atomic E-state index is 12.9. The molecule has 0 radical (unpaired) electrons. The molecule has 0 rings (SSSR count). The largest absolute Gasteiger partial charge is 0.462 e. The third kappa shape index (κ3) is 54.9. The fourth-order valence-corrected chi connectivity index (χ4v) is 7.62. The Morgan fingerprint density at radius 1 is 0.319 bits per heavy atom. The van der Waals surface area contributed by atoms with Crippen LogP contribution in [-0.4, -0.2) is 37.2 Å². The van der Waals surface area contributed by atoms with Gasteiger partial charge in [0.15, 0.2) is 6.10 Å². The summed E-state index contributed by atoms with van der Waals surface area (Å²) in [6, 6.07) is 0. The van der Waals surface area contributed by atoms with E-state index in [0.29, 0.717) is 19.3 Å². The predicted molar refractivity (Wildman–Crippen MR) is 297 cm³/mol. The molecule has 0 amide bonds. The third-order valence-electron chi connectivity index (χ3n) is 11.9. The maximum Gasteiger partial charge on any atom is 0.306 e. The summed E-state index contributed by atoms with van der Waals surface area (Å²) in [6.45, 7) is 6.42. The van der Waals surface area contributed by atoms with Gasteiger partial charge in [0.25, 0.3) is 0 Å². The topological polar surface area (TPSA) is 78.9 Å². The molecule has 0 aromatic heterocycles. The lowest BCUT2D eigenvalue weighted by Crippen LogP contribution is -2.30. The molecule has 6 nitrogen and oxygen atoms in total. The number of hydrogen-bond acceptors (Lipinski definition) is 6. The van der Waals surface area contributed by atoms with Crippen molar-refractivity contribution in [1.82, 2.24) is 0 Å². The van der Waals surface area contributed by atoms with Crippen LogP contribution >= 0.6 is 0 Å². The molecule has 6 heteroatoms. The first-order valence-electron chi connectivity index (χ1n) is 28.5. The van der Waals surface area contributed by atoms with Crippen LogP contribution in [0.5, 0.6) is 0 Å². The Bertz CT molecular complexity index is 1420. The number of allylic oxidation sites excluding steroid dienone is 18. The molecule has 0 fully saturated rings. The van der Waals surface area contributed by atoms with Crippen LogP contribution in [0, 0.1) is 0 Å². The number of carbonyl (C=O) groups excluding carboxylic acids is 3. The summed E-state index contributed by atoms with van der Waals surface area (Å²) in [7, 11) is 0. The Morgan fingerprint density at radius 2 is 0.623 bits per heavy atom. The van der Waals surface area contributed by atoms with Crippen LogP contribution in [0.15, 0.2) is 109 Å². The molecule has 0 aliphatic heterocycles. The van der Waals surface area contributed by atoms with E-state index < -0.39 is 6.10 Å². The Kier molecular flexibility index (Phi) is 53.4. The Morgan fingerprint density at radius 3 is 1.06 bits per heavy atom. The van der Waals surface area contributed by atoms with Gasteiger partial charge in [-0.2, -0.15) is 0 Å².